The van der Waals surface area contributed by atoms with Crippen LogP contribution in [0, 0.1) is 0 Å². The molecule has 2 heterocycles. The molecule has 0 atom stereocenters. The van der Waals surface area contributed by atoms with Gasteiger partial charge < -0.3 is 9.15 Å². The zero-order valence-electron chi connectivity index (χ0n) is 27.1. The molecule has 0 bridgehead atoms. The molecule has 2 aliphatic rings. The van der Waals surface area contributed by atoms with E-state index in [-0.39, 0.29) is 0 Å². The largest absolute Gasteiger partial charge is 0.460 e. The lowest BCUT2D eigenvalue weighted by molar-refractivity contribution is 0.451. The number of para-hydroxylation sites is 1. The number of benzene rings is 6. The van der Waals surface area contributed by atoms with Gasteiger partial charge in [-0.25, -0.2) is 0 Å². The molecular weight excluding hydrogens is 585 g/mol. The van der Waals surface area contributed by atoms with Crippen molar-refractivity contribution in [3.8, 4) is 5.75 Å². The zero-order chi connectivity index (χ0) is 32.2. The van der Waals surface area contributed by atoms with Gasteiger partial charge in [-0.05, 0) is 99.3 Å². The summed E-state index contributed by atoms with van der Waals surface area (Å²) in [6.45, 7) is 4.46. The SMILES string of the molecule is C/C(=C\C=C1\C=CC=CC1)c1c2ccccc2c(/C(C)=C/C=C2\Cc3ccc4cc5oc6ccccc6c5cc4c3O2)c2ccccc12. The third-order valence-electron chi connectivity index (χ3n) is 9.84. The Bertz CT molecular complexity index is 2590. The Hall–Kier alpha value is -5.86. The van der Waals surface area contributed by atoms with E-state index in [0.29, 0.717) is 0 Å². The van der Waals surface area contributed by atoms with E-state index in [1.54, 1.807) is 0 Å². The maximum atomic E-state index is 6.61. The van der Waals surface area contributed by atoms with E-state index in [1.807, 2.05) is 12.1 Å². The van der Waals surface area contributed by atoms with Crippen molar-refractivity contribution in [3.05, 3.63) is 174 Å². The minimum absolute atomic E-state index is 0.768. The Morgan fingerprint density at radius 3 is 1.92 bits per heavy atom. The van der Waals surface area contributed by atoms with E-state index < -0.39 is 0 Å². The molecule has 1 aromatic heterocycles. The lowest BCUT2D eigenvalue weighted by Gasteiger charge is -2.18. The molecular formula is C46H34O2. The first-order valence-electron chi connectivity index (χ1n) is 16.7. The molecule has 0 N–H and O–H groups in total. The van der Waals surface area contributed by atoms with Gasteiger partial charge in [0.2, 0.25) is 0 Å². The van der Waals surface area contributed by atoms with Gasteiger partial charge in [-0.3, -0.25) is 0 Å². The number of hydrogen-bond acceptors (Lipinski definition) is 2. The summed E-state index contributed by atoms with van der Waals surface area (Å²) in [7, 11) is 0. The predicted molar refractivity (Wildman–Crippen MR) is 203 cm³/mol. The van der Waals surface area contributed by atoms with E-state index in [1.165, 1.54) is 55.0 Å². The second-order valence-electron chi connectivity index (χ2n) is 12.9. The van der Waals surface area contributed by atoms with Crippen LogP contribution in [0.25, 0.3) is 65.4 Å². The number of rotatable bonds is 4. The molecule has 230 valence electrons. The molecule has 0 saturated carbocycles. The third-order valence-corrected chi connectivity index (χ3v) is 9.84. The normalized spacial score (nSPS) is 16.7. The Morgan fingerprint density at radius 2 is 1.25 bits per heavy atom. The highest BCUT2D eigenvalue weighted by Gasteiger charge is 2.21. The molecule has 6 aromatic carbocycles. The molecule has 48 heavy (non-hydrogen) atoms. The fourth-order valence-corrected chi connectivity index (χ4v) is 7.52. The van der Waals surface area contributed by atoms with Gasteiger partial charge in [0.1, 0.15) is 22.7 Å². The molecule has 2 heteroatoms. The Kier molecular flexibility index (Phi) is 6.76. The summed E-state index contributed by atoms with van der Waals surface area (Å²) in [6, 6.07) is 34.6. The monoisotopic (exact) mass is 618 g/mol. The van der Waals surface area contributed by atoms with Crippen LogP contribution in [-0.4, -0.2) is 0 Å². The van der Waals surface area contributed by atoms with Crippen LogP contribution < -0.4 is 4.74 Å². The molecule has 1 aliphatic heterocycles. The number of furan rings is 1. The van der Waals surface area contributed by atoms with Gasteiger partial charge in [-0.15, -0.1) is 0 Å². The first kappa shape index (κ1) is 28.4. The quantitative estimate of drug-likeness (QED) is 0.183. The number of fused-ring (bicyclic) bond motifs is 8. The van der Waals surface area contributed by atoms with E-state index in [9.17, 15) is 0 Å². The smallest absolute Gasteiger partial charge is 0.138 e. The van der Waals surface area contributed by atoms with Crippen molar-refractivity contribution in [3.63, 3.8) is 0 Å². The molecule has 0 radical (unpaired) electrons. The van der Waals surface area contributed by atoms with Gasteiger partial charge >= 0.3 is 0 Å². The molecule has 2 nitrogen and oxygen atoms in total. The fraction of sp³-hybridized carbons (Fsp3) is 0.0870. The maximum Gasteiger partial charge on any atom is 0.138 e. The van der Waals surface area contributed by atoms with Crippen LogP contribution >= 0.6 is 0 Å². The summed E-state index contributed by atoms with van der Waals surface area (Å²) in [6.07, 6.45) is 19.3. The van der Waals surface area contributed by atoms with Crippen LogP contribution in [0.3, 0.4) is 0 Å². The highest BCUT2D eigenvalue weighted by atomic mass is 16.5. The van der Waals surface area contributed by atoms with Gasteiger partial charge in [0.15, 0.2) is 0 Å². The molecule has 0 unspecified atom stereocenters. The van der Waals surface area contributed by atoms with Crippen molar-refractivity contribution >= 4 is 65.4 Å². The van der Waals surface area contributed by atoms with Crippen LogP contribution in [0.1, 0.15) is 37.0 Å². The molecule has 0 saturated heterocycles. The van der Waals surface area contributed by atoms with Gasteiger partial charge in [0, 0.05) is 28.1 Å². The summed E-state index contributed by atoms with van der Waals surface area (Å²) < 4.78 is 12.8. The van der Waals surface area contributed by atoms with Crippen LogP contribution in [0.15, 0.2) is 161 Å². The average Bonchev–Trinajstić information content (AvgIpc) is 3.72. The first-order chi connectivity index (χ1) is 23.6. The third kappa shape index (κ3) is 4.72. The minimum atomic E-state index is 0.768. The minimum Gasteiger partial charge on any atom is -0.460 e. The van der Waals surface area contributed by atoms with Gasteiger partial charge in [-0.2, -0.15) is 0 Å². The first-order valence-corrected chi connectivity index (χ1v) is 16.7. The summed E-state index contributed by atoms with van der Waals surface area (Å²) in [5, 5.41) is 9.56. The molecule has 0 amide bonds. The van der Waals surface area contributed by atoms with Gasteiger partial charge in [0.25, 0.3) is 0 Å². The summed E-state index contributed by atoms with van der Waals surface area (Å²) in [5.74, 6) is 1.91. The Balaban J connectivity index is 1.12. The summed E-state index contributed by atoms with van der Waals surface area (Å²) >= 11 is 0. The van der Waals surface area contributed by atoms with Crippen molar-refractivity contribution in [2.75, 3.05) is 0 Å². The van der Waals surface area contributed by atoms with Crippen molar-refractivity contribution in [1.82, 2.24) is 0 Å². The molecule has 9 rings (SSSR count). The second kappa shape index (κ2) is 11.4. The highest BCUT2D eigenvalue weighted by Crippen LogP contribution is 2.43. The second-order valence-corrected chi connectivity index (χ2v) is 12.9. The van der Waals surface area contributed by atoms with Crippen molar-refractivity contribution < 1.29 is 9.15 Å². The summed E-state index contributed by atoms with van der Waals surface area (Å²) in [5.41, 5.74) is 9.38. The number of hydrogen-bond donors (Lipinski definition) is 0. The van der Waals surface area contributed by atoms with Crippen molar-refractivity contribution in [2.45, 2.75) is 26.7 Å². The zero-order valence-corrected chi connectivity index (χ0v) is 27.1. The van der Waals surface area contributed by atoms with Crippen LogP contribution in [-0.2, 0) is 6.42 Å². The lowest BCUT2D eigenvalue weighted by atomic mass is 9.86. The number of allylic oxidation sites excluding steroid dienone is 12. The van der Waals surface area contributed by atoms with Crippen LogP contribution in [0.4, 0.5) is 0 Å². The van der Waals surface area contributed by atoms with E-state index >= 15 is 0 Å². The molecule has 0 spiro atoms. The predicted octanol–water partition coefficient (Wildman–Crippen LogP) is 12.8. The highest BCUT2D eigenvalue weighted by molar-refractivity contribution is 6.16. The topological polar surface area (TPSA) is 22.4 Å². The Morgan fingerprint density at radius 1 is 0.604 bits per heavy atom. The van der Waals surface area contributed by atoms with Crippen LogP contribution in [0.5, 0.6) is 5.75 Å². The Labute approximate surface area is 279 Å². The molecule has 0 fully saturated rings. The molecule has 1 aliphatic carbocycles. The standard InChI is InChI=1S/C46H34O2/c1-29(20-22-31-12-4-3-5-13-31)44-36-15-6-8-17-38(36)45(39-18-9-7-16-37(39)44)30(2)21-25-34-26-33-24-23-32-27-43-41(28-40(32)46(33)47-34)35-14-10-11-19-42(35)48-43/h3-12,14-25,27-28H,13,26H2,1-2H3/b29-20+,30-21+,31-22-,34-25+. The summed E-state index contributed by atoms with van der Waals surface area (Å²) in [4.78, 5) is 0. The number of ether oxygens (including phenoxy) is 1. The van der Waals surface area contributed by atoms with Gasteiger partial charge in [0.05, 0.1) is 0 Å². The van der Waals surface area contributed by atoms with Crippen molar-refractivity contribution in [1.29, 1.82) is 0 Å². The van der Waals surface area contributed by atoms with E-state index in [0.717, 1.165) is 57.1 Å². The van der Waals surface area contributed by atoms with E-state index in [4.69, 9.17) is 9.15 Å². The van der Waals surface area contributed by atoms with Gasteiger partial charge in [-0.1, -0.05) is 121 Å². The van der Waals surface area contributed by atoms with Crippen molar-refractivity contribution in [2.24, 2.45) is 0 Å². The lowest BCUT2D eigenvalue weighted by Crippen LogP contribution is -1.94. The average molecular weight is 619 g/mol. The molecule has 7 aromatic rings. The van der Waals surface area contributed by atoms with Crippen LogP contribution in [0.2, 0.25) is 0 Å². The fourth-order valence-electron chi connectivity index (χ4n) is 7.52. The maximum absolute atomic E-state index is 6.61. The van der Waals surface area contributed by atoms with E-state index in [2.05, 4.69) is 147 Å².